The minimum Gasteiger partial charge on any atom is -0.480 e. The van der Waals surface area contributed by atoms with E-state index in [-0.39, 0.29) is 0 Å². The zero-order valence-electron chi connectivity index (χ0n) is 11.1. The average molecular weight is 287 g/mol. The Hall–Kier alpha value is -2.28. The standard InChI is InChI=1S/C13H13N5OS/c1-3-14-11-8-6-7-20-13(8)16-12(15-11)9-4-5-10(19-2)18-17-9/h4-7H,3H2,1-2H3,(H,14,15,16). The zero-order valence-corrected chi connectivity index (χ0v) is 11.9. The number of hydrogen-bond acceptors (Lipinski definition) is 7. The van der Waals surface area contributed by atoms with Crippen molar-refractivity contribution in [2.75, 3.05) is 19.0 Å². The number of ether oxygens (including phenoxy) is 1. The highest BCUT2D eigenvalue weighted by Crippen LogP contribution is 2.27. The number of anilines is 1. The molecule has 0 aliphatic carbocycles. The van der Waals surface area contributed by atoms with E-state index in [9.17, 15) is 0 Å². The SMILES string of the molecule is CCNc1nc(-c2ccc(OC)nn2)nc2sccc12. The van der Waals surface area contributed by atoms with Crippen molar-refractivity contribution in [2.45, 2.75) is 6.92 Å². The van der Waals surface area contributed by atoms with E-state index >= 15 is 0 Å². The van der Waals surface area contributed by atoms with Gasteiger partial charge in [0.05, 0.1) is 12.5 Å². The van der Waals surface area contributed by atoms with Crippen LogP contribution < -0.4 is 10.1 Å². The molecular formula is C13H13N5OS. The highest BCUT2D eigenvalue weighted by Gasteiger charge is 2.11. The van der Waals surface area contributed by atoms with Crippen LogP contribution in [0.5, 0.6) is 5.88 Å². The van der Waals surface area contributed by atoms with Crippen LogP contribution in [0.1, 0.15) is 6.92 Å². The molecule has 0 aliphatic heterocycles. The second-order valence-corrected chi connectivity index (χ2v) is 4.92. The quantitative estimate of drug-likeness (QED) is 0.795. The molecule has 0 bridgehead atoms. The van der Waals surface area contributed by atoms with Crippen LogP contribution in [0.4, 0.5) is 5.82 Å². The number of nitrogens with one attached hydrogen (secondary N) is 1. The van der Waals surface area contributed by atoms with Crippen LogP contribution in [0, 0.1) is 0 Å². The Morgan fingerprint density at radius 2 is 2.10 bits per heavy atom. The number of thiophene rings is 1. The summed E-state index contributed by atoms with van der Waals surface area (Å²) in [6.45, 7) is 2.84. The van der Waals surface area contributed by atoms with Gasteiger partial charge < -0.3 is 10.1 Å². The first kappa shape index (κ1) is 12.7. The smallest absolute Gasteiger partial charge is 0.233 e. The van der Waals surface area contributed by atoms with Crippen LogP contribution in [0.2, 0.25) is 0 Å². The van der Waals surface area contributed by atoms with Gasteiger partial charge in [0, 0.05) is 12.6 Å². The average Bonchev–Trinajstić information content (AvgIpc) is 2.96. The van der Waals surface area contributed by atoms with Gasteiger partial charge in [-0.2, -0.15) is 0 Å². The van der Waals surface area contributed by atoms with Gasteiger partial charge in [-0.3, -0.25) is 0 Å². The van der Waals surface area contributed by atoms with E-state index in [1.807, 2.05) is 18.4 Å². The van der Waals surface area contributed by atoms with Crippen molar-refractivity contribution in [3.05, 3.63) is 23.6 Å². The van der Waals surface area contributed by atoms with Gasteiger partial charge in [-0.25, -0.2) is 9.97 Å². The van der Waals surface area contributed by atoms with Gasteiger partial charge in [0.2, 0.25) is 5.88 Å². The minimum atomic E-state index is 0.470. The molecule has 3 aromatic heterocycles. The number of fused-ring (bicyclic) bond motifs is 1. The summed E-state index contributed by atoms with van der Waals surface area (Å²) in [6, 6.07) is 5.56. The third kappa shape index (κ3) is 2.27. The molecule has 3 rings (SSSR count). The Bertz CT molecular complexity index is 725. The van der Waals surface area contributed by atoms with Crippen LogP contribution in [-0.4, -0.2) is 33.8 Å². The lowest BCUT2D eigenvalue weighted by molar-refractivity contribution is 0.392. The van der Waals surface area contributed by atoms with Crippen molar-refractivity contribution < 1.29 is 4.74 Å². The summed E-state index contributed by atoms with van der Waals surface area (Å²) in [5.74, 6) is 1.86. The molecule has 0 spiro atoms. The fourth-order valence-electron chi connectivity index (χ4n) is 1.82. The maximum Gasteiger partial charge on any atom is 0.233 e. The molecule has 0 aliphatic rings. The molecule has 0 fully saturated rings. The van der Waals surface area contributed by atoms with Crippen molar-refractivity contribution in [3.63, 3.8) is 0 Å². The number of methoxy groups -OCH3 is 1. The number of rotatable bonds is 4. The molecule has 102 valence electrons. The van der Waals surface area contributed by atoms with E-state index < -0.39 is 0 Å². The zero-order chi connectivity index (χ0) is 13.9. The lowest BCUT2D eigenvalue weighted by Gasteiger charge is -2.06. The third-order valence-corrected chi connectivity index (χ3v) is 3.55. The van der Waals surface area contributed by atoms with Gasteiger partial charge >= 0.3 is 0 Å². The van der Waals surface area contributed by atoms with E-state index in [0.29, 0.717) is 17.4 Å². The lowest BCUT2D eigenvalue weighted by atomic mass is 10.3. The maximum absolute atomic E-state index is 5.00. The van der Waals surface area contributed by atoms with Crippen LogP contribution in [0.3, 0.4) is 0 Å². The summed E-state index contributed by atoms with van der Waals surface area (Å²) in [4.78, 5) is 9.99. The van der Waals surface area contributed by atoms with Crippen LogP contribution in [0.25, 0.3) is 21.7 Å². The monoisotopic (exact) mass is 287 g/mol. The van der Waals surface area contributed by atoms with Crippen molar-refractivity contribution >= 4 is 27.4 Å². The largest absolute Gasteiger partial charge is 0.480 e. The summed E-state index contributed by atoms with van der Waals surface area (Å²) in [5, 5.41) is 14.3. The van der Waals surface area contributed by atoms with Crippen molar-refractivity contribution in [1.82, 2.24) is 20.2 Å². The molecule has 7 heteroatoms. The Morgan fingerprint density at radius 3 is 2.80 bits per heavy atom. The van der Waals surface area contributed by atoms with Gasteiger partial charge in [0.1, 0.15) is 16.3 Å². The molecule has 0 aromatic carbocycles. The van der Waals surface area contributed by atoms with Crippen LogP contribution in [0.15, 0.2) is 23.6 Å². The van der Waals surface area contributed by atoms with Crippen LogP contribution >= 0.6 is 11.3 Å². The first-order valence-corrected chi connectivity index (χ1v) is 7.07. The Balaban J connectivity index is 2.09. The second kappa shape index (κ2) is 5.38. The van der Waals surface area contributed by atoms with Crippen molar-refractivity contribution in [3.8, 4) is 17.4 Å². The van der Waals surface area contributed by atoms with Gasteiger partial charge in [-0.1, -0.05) is 0 Å². The molecule has 3 aromatic rings. The molecule has 0 amide bonds. The normalized spacial score (nSPS) is 10.7. The van der Waals surface area contributed by atoms with E-state index in [0.717, 1.165) is 22.6 Å². The molecule has 3 heterocycles. The van der Waals surface area contributed by atoms with Gasteiger partial charge in [0.15, 0.2) is 5.82 Å². The summed E-state index contributed by atoms with van der Waals surface area (Å²) in [7, 11) is 1.56. The Kier molecular flexibility index (Phi) is 3.42. The fraction of sp³-hybridized carbons (Fsp3) is 0.231. The summed E-state index contributed by atoms with van der Waals surface area (Å²) >= 11 is 1.58. The molecule has 0 saturated carbocycles. The van der Waals surface area contributed by atoms with E-state index in [1.165, 1.54) is 0 Å². The molecule has 1 N–H and O–H groups in total. The molecule has 0 atom stereocenters. The minimum absolute atomic E-state index is 0.470. The predicted molar refractivity (Wildman–Crippen MR) is 79.2 cm³/mol. The van der Waals surface area contributed by atoms with E-state index in [1.54, 1.807) is 30.6 Å². The molecule has 0 radical (unpaired) electrons. The summed E-state index contributed by atoms with van der Waals surface area (Å²) in [6.07, 6.45) is 0. The van der Waals surface area contributed by atoms with E-state index in [2.05, 4.69) is 25.5 Å². The molecule has 0 saturated heterocycles. The Labute approximate surface area is 119 Å². The number of aromatic nitrogens is 4. The van der Waals surface area contributed by atoms with Gasteiger partial charge in [-0.05, 0) is 24.4 Å². The van der Waals surface area contributed by atoms with Crippen LogP contribution in [-0.2, 0) is 0 Å². The molecular weight excluding hydrogens is 274 g/mol. The van der Waals surface area contributed by atoms with Gasteiger partial charge in [-0.15, -0.1) is 21.5 Å². The fourth-order valence-corrected chi connectivity index (χ4v) is 2.58. The van der Waals surface area contributed by atoms with Crippen molar-refractivity contribution in [2.24, 2.45) is 0 Å². The third-order valence-electron chi connectivity index (χ3n) is 2.75. The van der Waals surface area contributed by atoms with Gasteiger partial charge in [0.25, 0.3) is 0 Å². The molecule has 20 heavy (non-hydrogen) atoms. The highest BCUT2D eigenvalue weighted by molar-refractivity contribution is 7.16. The second-order valence-electron chi connectivity index (χ2n) is 4.03. The summed E-state index contributed by atoms with van der Waals surface area (Å²) in [5.41, 5.74) is 0.625. The first-order chi connectivity index (χ1) is 9.81. The maximum atomic E-state index is 5.00. The Morgan fingerprint density at radius 1 is 1.20 bits per heavy atom. The number of nitrogens with zero attached hydrogens (tertiary/aromatic N) is 4. The van der Waals surface area contributed by atoms with E-state index in [4.69, 9.17) is 4.74 Å². The molecule has 6 nitrogen and oxygen atoms in total. The highest BCUT2D eigenvalue weighted by atomic mass is 32.1. The topological polar surface area (TPSA) is 72.8 Å². The number of hydrogen-bond donors (Lipinski definition) is 1. The first-order valence-electron chi connectivity index (χ1n) is 6.19. The van der Waals surface area contributed by atoms with Crippen molar-refractivity contribution in [1.29, 1.82) is 0 Å². The molecule has 0 unspecified atom stereocenters. The lowest BCUT2D eigenvalue weighted by Crippen LogP contribution is -2.03. The predicted octanol–water partition coefficient (Wildman–Crippen LogP) is 2.59. The summed E-state index contributed by atoms with van der Waals surface area (Å²) < 4.78 is 5.00.